The summed E-state index contributed by atoms with van der Waals surface area (Å²) in [5, 5.41) is 12.0. The zero-order chi connectivity index (χ0) is 29.0. The van der Waals surface area contributed by atoms with Gasteiger partial charge in [0.15, 0.2) is 0 Å². The molecule has 0 N–H and O–H groups in total. The first-order valence-corrected chi connectivity index (χ1v) is 15.0. The Morgan fingerprint density at radius 1 is 0.150 bits per heavy atom. The summed E-state index contributed by atoms with van der Waals surface area (Å²) in [4.78, 5) is 0. The Morgan fingerprint density at radius 3 is 0.725 bits per heavy atom. The molecule has 0 unspecified atom stereocenters. The van der Waals surface area contributed by atoms with Gasteiger partial charge in [-0.2, -0.15) is 0 Å². The van der Waals surface area contributed by atoms with Gasteiger partial charge in [-0.05, 0) is 240 Å². The molecule has 1 aliphatic carbocycles. The second-order valence-electron chi connectivity index (χ2n) is 13.2. The Morgan fingerprint density at radius 2 is 0.375 bits per heavy atom. The number of benzene rings is 6. The molecule has 202 valence electrons. The zero-order valence-corrected chi connectivity index (χ0v) is 27.0. The van der Waals surface area contributed by atoms with Crippen LogP contribution in [0.1, 0.15) is 77.9 Å². The fourth-order valence-corrected chi connectivity index (χ4v) is 8.78. The van der Waals surface area contributed by atoms with Crippen molar-refractivity contribution < 1.29 is 0 Å². The molecule has 0 bridgehead atoms. The van der Waals surface area contributed by atoms with Crippen LogP contribution in [0.3, 0.4) is 0 Å². The van der Waals surface area contributed by atoms with Gasteiger partial charge in [0, 0.05) is 0 Å². The molecule has 0 radical (unpaired) electrons. The van der Waals surface area contributed by atoms with E-state index in [2.05, 4.69) is 96.9 Å². The first kappa shape index (κ1) is 25.6. The predicted molar refractivity (Wildman–Crippen MR) is 178 cm³/mol. The van der Waals surface area contributed by atoms with Crippen molar-refractivity contribution in [1.82, 2.24) is 0 Å². The summed E-state index contributed by atoms with van der Waals surface area (Å²) in [7, 11) is 0. The number of rotatable bonds is 0. The topological polar surface area (TPSA) is 0 Å². The molecule has 6 aromatic rings. The van der Waals surface area contributed by atoms with Gasteiger partial charge in [0.1, 0.15) is 0 Å². The Kier molecular flexibility index (Phi) is 4.90. The average molecular weight is 523 g/mol. The third kappa shape index (κ3) is 2.52. The number of hydrogen-bond donors (Lipinski definition) is 0. The fourth-order valence-electron chi connectivity index (χ4n) is 8.78. The second kappa shape index (κ2) is 7.67. The highest BCUT2D eigenvalue weighted by Crippen LogP contribution is 2.60. The minimum absolute atomic E-state index is 1.44. The predicted octanol–water partition coefficient (Wildman–Crippen LogP) is 11.7. The Bertz CT molecular complexity index is 2060. The Labute approximate surface area is 239 Å². The summed E-state index contributed by atoms with van der Waals surface area (Å²) in [6.45, 7) is 33.1. The standard InChI is InChI=1S/C40H42/c1-15-16(2)22(8)31-30(21(15)7)34-25(11)27(13)36-32-23(9)17(3)19(5)29-20(6)18(4)24(10)33(38(29)32)37-28(14)26(12)35(31)39(34)40(36)37/h1-14H3. The smallest absolute Gasteiger partial charge is 0.000793 e. The molecular formula is C40H42. The van der Waals surface area contributed by atoms with E-state index < -0.39 is 0 Å². The minimum Gasteiger partial charge on any atom is -0.0443 e. The van der Waals surface area contributed by atoms with E-state index in [9.17, 15) is 0 Å². The molecule has 0 atom stereocenters. The van der Waals surface area contributed by atoms with Gasteiger partial charge < -0.3 is 0 Å². The van der Waals surface area contributed by atoms with Crippen molar-refractivity contribution in [3.05, 3.63) is 77.9 Å². The highest BCUT2D eigenvalue weighted by Gasteiger charge is 2.35. The van der Waals surface area contributed by atoms with Crippen LogP contribution in [0, 0.1) is 96.9 Å². The Hall–Kier alpha value is -3.38. The zero-order valence-electron chi connectivity index (χ0n) is 27.0. The van der Waals surface area contributed by atoms with E-state index in [1.165, 1.54) is 143 Å². The van der Waals surface area contributed by atoms with Crippen LogP contribution in [0.5, 0.6) is 0 Å². The maximum Gasteiger partial charge on any atom is -0.000793 e. The highest BCUT2D eigenvalue weighted by atomic mass is 14.4. The molecule has 0 amide bonds. The molecule has 0 heteroatoms. The summed E-state index contributed by atoms with van der Waals surface area (Å²) in [6, 6.07) is 0. The van der Waals surface area contributed by atoms with Crippen molar-refractivity contribution in [1.29, 1.82) is 0 Å². The van der Waals surface area contributed by atoms with E-state index in [4.69, 9.17) is 0 Å². The van der Waals surface area contributed by atoms with Crippen molar-refractivity contribution in [2.24, 2.45) is 0 Å². The first-order chi connectivity index (χ1) is 18.7. The van der Waals surface area contributed by atoms with E-state index in [0.29, 0.717) is 0 Å². The molecule has 1 aliphatic rings. The number of aryl methyl sites for hydroxylation is 6. The SMILES string of the molecule is Cc1c(C)c(C)c2c(c1C)-c1c(C)c(C)c3c4c(C)c(C)c(C)c5c(C)c(C)c(C)c(c6c(C)c(C)c-2c1c36)c54. The number of hydrogen-bond acceptors (Lipinski definition) is 0. The van der Waals surface area contributed by atoms with Gasteiger partial charge in [0.25, 0.3) is 0 Å². The van der Waals surface area contributed by atoms with Crippen LogP contribution in [0.25, 0.3) is 65.3 Å². The van der Waals surface area contributed by atoms with Crippen LogP contribution >= 0.6 is 0 Å². The van der Waals surface area contributed by atoms with Crippen molar-refractivity contribution in [3.8, 4) is 22.3 Å². The summed E-state index contributed by atoms with van der Waals surface area (Å²) in [6.07, 6.45) is 0. The van der Waals surface area contributed by atoms with E-state index in [1.54, 1.807) is 0 Å². The van der Waals surface area contributed by atoms with E-state index in [0.717, 1.165) is 0 Å². The summed E-state index contributed by atoms with van der Waals surface area (Å²) < 4.78 is 0. The van der Waals surface area contributed by atoms with Crippen molar-refractivity contribution >= 4 is 43.1 Å². The molecule has 0 nitrogen and oxygen atoms in total. The van der Waals surface area contributed by atoms with Crippen LogP contribution in [0.4, 0.5) is 0 Å². The average Bonchev–Trinajstić information content (AvgIpc) is 3.29. The normalized spacial score (nSPS) is 12.8. The first-order valence-electron chi connectivity index (χ1n) is 15.0. The maximum atomic E-state index is 2.40. The van der Waals surface area contributed by atoms with Crippen LogP contribution in [-0.4, -0.2) is 0 Å². The lowest BCUT2D eigenvalue weighted by atomic mass is 9.76. The van der Waals surface area contributed by atoms with Crippen molar-refractivity contribution in [3.63, 3.8) is 0 Å². The third-order valence-corrected chi connectivity index (χ3v) is 12.1. The van der Waals surface area contributed by atoms with Crippen LogP contribution in [0.2, 0.25) is 0 Å². The molecule has 0 heterocycles. The largest absolute Gasteiger partial charge is 0.0443 e. The molecule has 0 aromatic heterocycles. The second-order valence-corrected chi connectivity index (χ2v) is 13.2. The van der Waals surface area contributed by atoms with E-state index in [-0.39, 0.29) is 0 Å². The summed E-state index contributed by atoms with van der Waals surface area (Å²) in [5.41, 5.74) is 26.3. The fraction of sp³-hybridized carbons (Fsp3) is 0.350. The monoisotopic (exact) mass is 522 g/mol. The maximum absolute atomic E-state index is 2.40. The Balaban J connectivity index is 1.98. The minimum atomic E-state index is 1.44. The van der Waals surface area contributed by atoms with E-state index in [1.807, 2.05) is 0 Å². The molecule has 7 rings (SSSR count). The van der Waals surface area contributed by atoms with Crippen molar-refractivity contribution in [2.75, 3.05) is 0 Å². The molecular weight excluding hydrogens is 480 g/mol. The quantitative estimate of drug-likeness (QED) is 0.137. The van der Waals surface area contributed by atoms with Crippen LogP contribution < -0.4 is 0 Å². The van der Waals surface area contributed by atoms with Gasteiger partial charge in [0.2, 0.25) is 0 Å². The molecule has 0 saturated carbocycles. The lowest BCUT2D eigenvalue weighted by Gasteiger charge is -2.27. The van der Waals surface area contributed by atoms with E-state index >= 15 is 0 Å². The van der Waals surface area contributed by atoms with Gasteiger partial charge in [0.05, 0.1) is 0 Å². The molecule has 0 aliphatic heterocycles. The van der Waals surface area contributed by atoms with Gasteiger partial charge in [-0.25, -0.2) is 0 Å². The summed E-state index contributed by atoms with van der Waals surface area (Å²) in [5.74, 6) is 0. The molecule has 40 heavy (non-hydrogen) atoms. The highest BCUT2D eigenvalue weighted by molar-refractivity contribution is 6.40. The lowest BCUT2D eigenvalue weighted by molar-refractivity contribution is 1.22. The molecule has 0 spiro atoms. The van der Waals surface area contributed by atoms with Gasteiger partial charge in [-0.15, -0.1) is 0 Å². The van der Waals surface area contributed by atoms with Gasteiger partial charge in [-0.1, -0.05) is 0 Å². The number of fused-ring (bicyclic) bond motifs is 5. The summed E-state index contributed by atoms with van der Waals surface area (Å²) >= 11 is 0. The lowest BCUT2D eigenvalue weighted by Crippen LogP contribution is -2.03. The third-order valence-electron chi connectivity index (χ3n) is 12.1. The molecule has 6 aromatic carbocycles. The molecule has 0 saturated heterocycles. The van der Waals surface area contributed by atoms with Crippen LogP contribution in [0.15, 0.2) is 0 Å². The van der Waals surface area contributed by atoms with Gasteiger partial charge >= 0.3 is 0 Å². The van der Waals surface area contributed by atoms with Gasteiger partial charge in [-0.3, -0.25) is 0 Å². The van der Waals surface area contributed by atoms with Crippen molar-refractivity contribution in [2.45, 2.75) is 96.9 Å². The van der Waals surface area contributed by atoms with Crippen LogP contribution in [-0.2, 0) is 0 Å². The molecule has 0 fully saturated rings.